The van der Waals surface area contributed by atoms with Gasteiger partial charge in [0.25, 0.3) is 0 Å². The molecule has 0 amide bonds. The molecule has 160 valence electrons. The lowest BCUT2D eigenvalue weighted by Crippen LogP contribution is -2.40. The molecule has 0 aliphatic carbocycles. The summed E-state index contributed by atoms with van der Waals surface area (Å²) in [6.07, 6.45) is 2.13. The number of halogens is 1. The van der Waals surface area contributed by atoms with Gasteiger partial charge < -0.3 is 19.5 Å². The van der Waals surface area contributed by atoms with E-state index in [0.717, 1.165) is 75.8 Å². The van der Waals surface area contributed by atoms with Crippen LogP contribution in [0.25, 0.3) is 0 Å². The van der Waals surface area contributed by atoms with E-state index in [-0.39, 0.29) is 12.4 Å². The molecule has 29 heavy (non-hydrogen) atoms. The third kappa shape index (κ3) is 9.05. The maximum absolute atomic E-state index is 5.95. The molecule has 0 unspecified atom stereocenters. The van der Waals surface area contributed by atoms with Crippen molar-refractivity contribution in [2.75, 3.05) is 52.5 Å². The smallest absolute Gasteiger partial charge is 0.161 e. The molecule has 3 rings (SSSR count). The minimum absolute atomic E-state index is 0. The van der Waals surface area contributed by atoms with Crippen molar-refractivity contribution in [3.8, 4) is 11.5 Å². The molecule has 1 N–H and O–H groups in total. The second-order valence-electron chi connectivity index (χ2n) is 6.98. The van der Waals surface area contributed by atoms with Gasteiger partial charge in [-0.25, -0.2) is 0 Å². The van der Waals surface area contributed by atoms with E-state index < -0.39 is 0 Å². The van der Waals surface area contributed by atoms with E-state index in [1.54, 1.807) is 0 Å². The fourth-order valence-corrected chi connectivity index (χ4v) is 3.15. The Labute approximate surface area is 180 Å². The molecular formula is C23H33ClN2O3. The van der Waals surface area contributed by atoms with E-state index in [0.29, 0.717) is 13.2 Å². The van der Waals surface area contributed by atoms with Crippen LogP contribution in [0, 0.1) is 0 Å². The van der Waals surface area contributed by atoms with Gasteiger partial charge in [-0.15, -0.1) is 12.4 Å². The largest absolute Gasteiger partial charge is 0.490 e. The molecule has 5 nitrogen and oxygen atoms in total. The molecule has 0 radical (unpaired) electrons. The Hall–Kier alpha value is -1.79. The van der Waals surface area contributed by atoms with Gasteiger partial charge in [-0.2, -0.15) is 0 Å². The molecule has 2 aromatic rings. The molecule has 1 aliphatic rings. The summed E-state index contributed by atoms with van der Waals surface area (Å²) in [7, 11) is 0. The van der Waals surface area contributed by atoms with Gasteiger partial charge in [0.1, 0.15) is 6.61 Å². The Balaban J connectivity index is 0.00000300. The number of hydrogen-bond acceptors (Lipinski definition) is 5. The van der Waals surface area contributed by atoms with Crippen LogP contribution < -0.4 is 14.8 Å². The van der Waals surface area contributed by atoms with Crippen molar-refractivity contribution < 1.29 is 14.2 Å². The summed E-state index contributed by atoms with van der Waals surface area (Å²) in [6, 6.07) is 18.1. The van der Waals surface area contributed by atoms with Gasteiger partial charge in [0, 0.05) is 26.2 Å². The van der Waals surface area contributed by atoms with Crippen LogP contribution in [0.4, 0.5) is 0 Å². The van der Waals surface area contributed by atoms with Crippen LogP contribution in [0.1, 0.15) is 18.4 Å². The van der Waals surface area contributed by atoms with Crippen LogP contribution in [0.3, 0.4) is 0 Å². The van der Waals surface area contributed by atoms with E-state index in [1.807, 2.05) is 42.5 Å². The third-order valence-corrected chi connectivity index (χ3v) is 4.80. The summed E-state index contributed by atoms with van der Waals surface area (Å²) in [5.74, 6) is 1.62. The van der Waals surface area contributed by atoms with Gasteiger partial charge in [-0.3, -0.25) is 4.90 Å². The highest BCUT2D eigenvalue weighted by Crippen LogP contribution is 2.27. The average Bonchev–Trinajstić information content (AvgIpc) is 2.76. The van der Waals surface area contributed by atoms with Crippen molar-refractivity contribution in [3.63, 3.8) is 0 Å². The number of nitrogens with one attached hydrogen (secondary N) is 1. The number of morpholine rings is 1. The van der Waals surface area contributed by atoms with Gasteiger partial charge in [-0.05, 0) is 37.1 Å². The number of ether oxygens (including phenoxy) is 3. The van der Waals surface area contributed by atoms with E-state index in [9.17, 15) is 0 Å². The number of rotatable bonds is 12. The third-order valence-electron chi connectivity index (χ3n) is 4.80. The number of nitrogens with zero attached hydrogens (tertiary/aromatic N) is 1. The van der Waals surface area contributed by atoms with Crippen molar-refractivity contribution in [1.29, 1.82) is 0 Å². The fourth-order valence-electron chi connectivity index (χ4n) is 3.15. The zero-order chi connectivity index (χ0) is 19.3. The van der Waals surface area contributed by atoms with E-state index >= 15 is 0 Å². The van der Waals surface area contributed by atoms with Crippen LogP contribution in [-0.4, -0.2) is 57.4 Å². The van der Waals surface area contributed by atoms with Crippen LogP contribution >= 0.6 is 12.4 Å². The van der Waals surface area contributed by atoms with Crippen molar-refractivity contribution in [2.24, 2.45) is 0 Å². The fraction of sp³-hybridized carbons (Fsp3) is 0.478. The number of para-hydroxylation sites is 2. The first-order chi connectivity index (χ1) is 13.9. The molecule has 0 bridgehead atoms. The summed E-state index contributed by atoms with van der Waals surface area (Å²) in [6.45, 7) is 8.28. The molecule has 1 aliphatic heterocycles. The van der Waals surface area contributed by atoms with Crippen molar-refractivity contribution in [3.05, 3.63) is 60.2 Å². The maximum atomic E-state index is 5.95. The summed E-state index contributed by atoms with van der Waals surface area (Å²) < 4.78 is 17.3. The lowest BCUT2D eigenvalue weighted by Gasteiger charge is -2.26. The predicted octanol–water partition coefficient (Wildman–Crippen LogP) is 3.77. The quantitative estimate of drug-likeness (QED) is 0.529. The molecule has 6 heteroatoms. The molecule has 0 saturated carbocycles. The molecule has 1 heterocycles. The normalized spacial score (nSPS) is 14.2. The number of benzene rings is 2. The highest BCUT2D eigenvalue weighted by Gasteiger charge is 2.09. The highest BCUT2D eigenvalue weighted by atomic mass is 35.5. The number of hydrogen-bond donors (Lipinski definition) is 1. The Morgan fingerprint density at radius 3 is 2.28 bits per heavy atom. The summed E-state index contributed by atoms with van der Waals surface area (Å²) in [5, 5.41) is 3.52. The zero-order valence-electron chi connectivity index (χ0n) is 17.1. The monoisotopic (exact) mass is 420 g/mol. The molecule has 0 aromatic heterocycles. The molecule has 0 spiro atoms. The molecule has 1 fully saturated rings. The average molecular weight is 421 g/mol. The first-order valence-corrected chi connectivity index (χ1v) is 10.3. The topological polar surface area (TPSA) is 43.0 Å². The molecule has 0 atom stereocenters. The lowest BCUT2D eigenvalue weighted by molar-refractivity contribution is 0.0384. The summed E-state index contributed by atoms with van der Waals surface area (Å²) in [5.41, 5.74) is 1.15. The molecule has 2 aromatic carbocycles. The first-order valence-electron chi connectivity index (χ1n) is 10.3. The van der Waals surface area contributed by atoms with Crippen LogP contribution in [0.15, 0.2) is 54.6 Å². The second-order valence-corrected chi connectivity index (χ2v) is 6.98. The van der Waals surface area contributed by atoms with Gasteiger partial charge in [-0.1, -0.05) is 42.5 Å². The van der Waals surface area contributed by atoms with E-state index in [1.165, 1.54) is 0 Å². The second kappa shape index (κ2) is 14.2. The van der Waals surface area contributed by atoms with E-state index in [4.69, 9.17) is 14.2 Å². The van der Waals surface area contributed by atoms with Crippen molar-refractivity contribution in [2.45, 2.75) is 19.4 Å². The maximum Gasteiger partial charge on any atom is 0.161 e. The standard InChI is InChI=1S/C23H32N2O3.ClH/c1-2-8-21(9-3-1)20-28-23-11-5-4-10-22(23)27-17-7-6-12-24-13-14-25-15-18-26-19-16-25;/h1-5,8-11,24H,6-7,12-20H2;1H. The van der Waals surface area contributed by atoms with Crippen LogP contribution in [-0.2, 0) is 11.3 Å². The Kier molecular flexibility index (Phi) is 11.5. The minimum atomic E-state index is 0. The number of unbranched alkanes of at least 4 members (excludes halogenated alkanes) is 1. The van der Waals surface area contributed by atoms with Gasteiger partial charge >= 0.3 is 0 Å². The zero-order valence-corrected chi connectivity index (χ0v) is 17.9. The van der Waals surface area contributed by atoms with Gasteiger partial charge in [0.15, 0.2) is 11.5 Å². The SMILES string of the molecule is Cl.c1ccc(COc2ccccc2OCCCCNCCN2CCOCC2)cc1. The van der Waals surface area contributed by atoms with Gasteiger partial charge in [0.2, 0.25) is 0 Å². The van der Waals surface area contributed by atoms with Crippen LogP contribution in [0.2, 0.25) is 0 Å². The summed E-state index contributed by atoms with van der Waals surface area (Å²) in [4.78, 5) is 2.45. The molecular weight excluding hydrogens is 388 g/mol. The lowest BCUT2D eigenvalue weighted by atomic mass is 10.2. The Bertz CT molecular complexity index is 666. The molecule has 1 saturated heterocycles. The predicted molar refractivity (Wildman–Crippen MR) is 119 cm³/mol. The highest BCUT2D eigenvalue weighted by molar-refractivity contribution is 5.85. The van der Waals surface area contributed by atoms with E-state index in [2.05, 4.69) is 22.3 Å². The summed E-state index contributed by atoms with van der Waals surface area (Å²) >= 11 is 0. The first kappa shape index (κ1) is 23.5. The minimum Gasteiger partial charge on any atom is -0.490 e. The van der Waals surface area contributed by atoms with Crippen LogP contribution in [0.5, 0.6) is 11.5 Å². The Morgan fingerprint density at radius 1 is 0.828 bits per heavy atom. The van der Waals surface area contributed by atoms with Gasteiger partial charge in [0.05, 0.1) is 19.8 Å². The van der Waals surface area contributed by atoms with Crippen molar-refractivity contribution >= 4 is 12.4 Å². The Morgan fingerprint density at radius 2 is 1.52 bits per heavy atom. The van der Waals surface area contributed by atoms with Crippen molar-refractivity contribution in [1.82, 2.24) is 10.2 Å².